The van der Waals surface area contributed by atoms with Crippen molar-refractivity contribution in [1.82, 2.24) is 4.98 Å². The average molecular weight is 206 g/mol. The lowest BCUT2D eigenvalue weighted by molar-refractivity contribution is 0.174. The Labute approximate surface area is 81.1 Å². The summed E-state index contributed by atoms with van der Waals surface area (Å²) in [4.78, 5) is 3.79. The minimum atomic E-state index is -0.604. The van der Waals surface area contributed by atoms with Crippen LogP contribution in [0.5, 0.6) is 0 Å². The molecule has 1 N–H and O–H groups in total. The fourth-order valence-electron chi connectivity index (χ4n) is 0.944. The summed E-state index contributed by atoms with van der Waals surface area (Å²) in [6, 6.07) is 0. The van der Waals surface area contributed by atoms with Crippen LogP contribution in [0, 0.1) is 0 Å². The van der Waals surface area contributed by atoms with E-state index in [0.717, 1.165) is 0 Å². The van der Waals surface area contributed by atoms with E-state index in [4.69, 9.17) is 23.2 Å². The standard InChI is InChI=1S/C8H9Cl2NO/c1-2-7(12)8-5(9)3-11-4-6(8)10/h3-4,7,12H,2H2,1H3. The predicted molar refractivity (Wildman–Crippen MR) is 49.5 cm³/mol. The largest absolute Gasteiger partial charge is 0.388 e. The van der Waals surface area contributed by atoms with Crippen LogP contribution in [0.15, 0.2) is 12.4 Å². The van der Waals surface area contributed by atoms with Crippen LogP contribution < -0.4 is 0 Å². The first-order valence-corrected chi connectivity index (χ1v) is 4.39. The molecule has 1 rings (SSSR count). The normalized spacial score (nSPS) is 13.0. The molecule has 12 heavy (non-hydrogen) atoms. The summed E-state index contributed by atoms with van der Waals surface area (Å²) in [7, 11) is 0. The van der Waals surface area contributed by atoms with E-state index in [1.54, 1.807) is 0 Å². The van der Waals surface area contributed by atoms with Gasteiger partial charge in [-0.3, -0.25) is 4.98 Å². The number of hydrogen-bond acceptors (Lipinski definition) is 2. The molecular weight excluding hydrogens is 197 g/mol. The maximum absolute atomic E-state index is 9.49. The fraction of sp³-hybridized carbons (Fsp3) is 0.375. The van der Waals surface area contributed by atoms with Gasteiger partial charge in [0.05, 0.1) is 16.1 Å². The summed E-state index contributed by atoms with van der Waals surface area (Å²) in [6.45, 7) is 1.86. The summed E-state index contributed by atoms with van der Waals surface area (Å²) in [5.74, 6) is 0. The van der Waals surface area contributed by atoms with Gasteiger partial charge in [0.25, 0.3) is 0 Å². The minimum absolute atomic E-state index is 0.414. The van der Waals surface area contributed by atoms with Crippen LogP contribution in [0.3, 0.4) is 0 Å². The van der Waals surface area contributed by atoms with Crippen LogP contribution >= 0.6 is 23.2 Å². The van der Waals surface area contributed by atoms with Crippen molar-refractivity contribution in [3.05, 3.63) is 28.0 Å². The highest BCUT2D eigenvalue weighted by Gasteiger charge is 2.13. The molecule has 0 saturated carbocycles. The number of rotatable bonds is 2. The predicted octanol–water partition coefficient (Wildman–Crippen LogP) is 2.83. The molecule has 0 amide bonds. The van der Waals surface area contributed by atoms with Crippen LogP contribution in [0.4, 0.5) is 0 Å². The van der Waals surface area contributed by atoms with Crippen molar-refractivity contribution >= 4 is 23.2 Å². The Morgan fingerprint density at radius 3 is 2.33 bits per heavy atom. The zero-order valence-corrected chi connectivity index (χ0v) is 8.10. The van der Waals surface area contributed by atoms with E-state index in [1.165, 1.54) is 12.4 Å². The lowest BCUT2D eigenvalue weighted by Crippen LogP contribution is -1.97. The second-order valence-electron chi connectivity index (χ2n) is 2.44. The van der Waals surface area contributed by atoms with Crippen molar-refractivity contribution in [3.63, 3.8) is 0 Å². The summed E-state index contributed by atoms with van der Waals surface area (Å²) in [5, 5.41) is 10.3. The summed E-state index contributed by atoms with van der Waals surface area (Å²) in [6.07, 6.45) is 2.93. The van der Waals surface area contributed by atoms with Gasteiger partial charge in [0.1, 0.15) is 0 Å². The molecule has 0 aliphatic rings. The highest BCUT2D eigenvalue weighted by molar-refractivity contribution is 6.35. The van der Waals surface area contributed by atoms with Gasteiger partial charge < -0.3 is 5.11 Å². The molecule has 0 saturated heterocycles. The van der Waals surface area contributed by atoms with Crippen LogP contribution in [0.25, 0.3) is 0 Å². The smallest absolute Gasteiger partial charge is 0.0817 e. The number of halogens is 2. The van der Waals surface area contributed by atoms with Crippen LogP contribution in [0.2, 0.25) is 10.0 Å². The topological polar surface area (TPSA) is 33.1 Å². The van der Waals surface area contributed by atoms with E-state index in [9.17, 15) is 5.11 Å². The summed E-state index contributed by atoms with van der Waals surface area (Å²) in [5.41, 5.74) is 0.566. The quantitative estimate of drug-likeness (QED) is 0.806. The second kappa shape index (κ2) is 4.08. The van der Waals surface area contributed by atoms with E-state index in [-0.39, 0.29) is 0 Å². The first-order valence-electron chi connectivity index (χ1n) is 3.63. The van der Waals surface area contributed by atoms with E-state index in [1.807, 2.05) is 6.92 Å². The molecule has 0 aliphatic heterocycles. The third-order valence-electron chi connectivity index (χ3n) is 1.61. The highest BCUT2D eigenvalue weighted by atomic mass is 35.5. The molecule has 0 aliphatic carbocycles. The van der Waals surface area contributed by atoms with Gasteiger partial charge in [-0.15, -0.1) is 0 Å². The molecule has 1 heterocycles. The third-order valence-corrected chi connectivity index (χ3v) is 2.21. The van der Waals surface area contributed by atoms with Gasteiger partial charge in [-0.25, -0.2) is 0 Å². The van der Waals surface area contributed by atoms with Crippen molar-refractivity contribution in [1.29, 1.82) is 0 Å². The number of hydrogen-bond donors (Lipinski definition) is 1. The van der Waals surface area contributed by atoms with E-state index in [0.29, 0.717) is 22.0 Å². The maximum atomic E-state index is 9.49. The molecule has 0 bridgehead atoms. The summed E-state index contributed by atoms with van der Waals surface area (Å²) >= 11 is 11.6. The van der Waals surface area contributed by atoms with Crippen molar-refractivity contribution in [2.24, 2.45) is 0 Å². The Kier molecular flexibility index (Phi) is 3.32. The molecule has 0 spiro atoms. The zero-order valence-electron chi connectivity index (χ0n) is 6.59. The molecule has 0 fully saturated rings. The van der Waals surface area contributed by atoms with Crippen molar-refractivity contribution in [2.45, 2.75) is 19.4 Å². The van der Waals surface area contributed by atoms with Crippen LogP contribution in [-0.2, 0) is 0 Å². The van der Waals surface area contributed by atoms with Crippen molar-refractivity contribution < 1.29 is 5.11 Å². The Bertz CT molecular complexity index is 258. The molecule has 66 valence electrons. The van der Waals surface area contributed by atoms with Gasteiger partial charge in [0.2, 0.25) is 0 Å². The highest BCUT2D eigenvalue weighted by Crippen LogP contribution is 2.30. The fourth-order valence-corrected chi connectivity index (χ4v) is 1.56. The molecular formula is C8H9Cl2NO. The lowest BCUT2D eigenvalue weighted by atomic mass is 10.1. The third kappa shape index (κ3) is 1.89. The SMILES string of the molecule is CCC(O)c1c(Cl)cncc1Cl. The van der Waals surface area contributed by atoms with Gasteiger partial charge in [-0.2, -0.15) is 0 Å². The number of aliphatic hydroxyl groups is 1. The van der Waals surface area contributed by atoms with Gasteiger partial charge in [-0.1, -0.05) is 30.1 Å². The first kappa shape index (κ1) is 9.78. The molecule has 4 heteroatoms. The molecule has 1 aromatic heterocycles. The van der Waals surface area contributed by atoms with Crippen LogP contribution in [0.1, 0.15) is 25.0 Å². The van der Waals surface area contributed by atoms with E-state index >= 15 is 0 Å². The van der Waals surface area contributed by atoms with Crippen LogP contribution in [-0.4, -0.2) is 10.1 Å². The Morgan fingerprint density at radius 2 is 1.92 bits per heavy atom. The molecule has 1 unspecified atom stereocenters. The Hall–Kier alpha value is -0.310. The molecule has 2 nitrogen and oxygen atoms in total. The number of aliphatic hydroxyl groups excluding tert-OH is 1. The maximum Gasteiger partial charge on any atom is 0.0817 e. The molecule has 1 aromatic rings. The molecule has 0 radical (unpaired) electrons. The van der Waals surface area contributed by atoms with Gasteiger partial charge in [0.15, 0.2) is 0 Å². The number of pyridine rings is 1. The second-order valence-corrected chi connectivity index (χ2v) is 3.26. The first-order chi connectivity index (χ1) is 5.66. The zero-order chi connectivity index (χ0) is 9.14. The minimum Gasteiger partial charge on any atom is -0.388 e. The van der Waals surface area contributed by atoms with Crippen molar-refractivity contribution in [3.8, 4) is 0 Å². The molecule has 1 atom stereocenters. The van der Waals surface area contributed by atoms with Gasteiger partial charge in [-0.05, 0) is 6.42 Å². The molecule has 0 aromatic carbocycles. The lowest BCUT2D eigenvalue weighted by Gasteiger charge is -2.10. The number of aromatic nitrogens is 1. The Morgan fingerprint density at radius 1 is 1.42 bits per heavy atom. The number of nitrogens with zero attached hydrogens (tertiary/aromatic N) is 1. The summed E-state index contributed by atoms with van der Waals surface area (Å²) < 4.78 is 0. The van der Waals surface area contributed by atoms with E-state index < -0.39 is 6.10 Å². The van der Waals surface area contributed by atoms with Gasteiger partial charge in [0, 0.05) is 18.0 Å². The average Bonchev–Trinajstić information content (AvgIpc) is 2.03. The monoisotopic (exact) mass is 205 g/mol. The Balaban J connectivity index is 3.12. The van der Waals surface area contributed by atoms with E-state index in [2.05, 4.69) is 4.98 Å². The van der Waals surface area contributed by atoms with Crippen molar-refractivity contribution in [2.75, 3.05) is 0 Å². The van der Waals surface area contributed by atoms with Gasteiger partial charge >= 0.3 is 0 Å².